The molecule has 1 rings (SSSR count). The monoisotopic (exact) mass is 220 g/mol. The number of ether oxygens (including phenoxy) is 1. The van der Waals surface area contributed by atoms with Gasteiger partial charge in [-0.25, -0.2) is 0 Å². The molecule has 0 aliphatic heterocycles. The van der Waals surface area contributed by atoms with Crippen molar-refractivity contribution in [2.45, 2.75) is 0 Å². The van der Waals surface area contributed by atoms with E-state index in [-0.39, 0.29) is 11.6 Å². The minimum Gasteiger partial charge on any atom is -0.480 e. The summed E-state index contributed by atoms with van der Waals surface area (Å²) < 4.78 is 17.7. The van der Waals surface area contributed by atoms with Crippen molar-refractivity contribution in [1.29, 1.82) is 0 Å². The Hall–Kier alpha value is -0.840. The first kappa shape index (κ1) is 8.26. The fourth-order valence-corrected chi connectivity index (χ4v) is 0.994. The Labute approximate surface area is 71.5 Å². The van der Waals surface area contributed by atoms with Gasteiger partial charge in [0, 0.05) is 6.07 Å². The van der Waals surface area contributed by atoms with Crippen molar-refractivity contribution in [2.24, 2.45) is 0 Å². The number of nitrogens with zero attached hydrogens (tertiary/aromatic N) is 1. The second-order valence-electron chi connectivity index (χ2n) is 1.86. The van der Waals surface area contributed by atoms with E-state index in [1.165, 1.54) is 7.11 Å². The molecule has 0 atom stereocenters. The summed E-state index contributed by atoms with van der Waals surface area (Å²) in [5.41, 5.74) is 5.66. The molecule has 0 aromatic carbocycles. The molecule has 0 saturated carbocycles. The number of halogens is 2. The molecule has 0 aliphatic rings. The predicted octanol–water partition coefficient (Wildman–Crippen LogP) is 1.57. The average Bonchev–Trinajstić information content (AvgIpc) is 1.96. The molecule has 0 bridgehead atoms. The van der Waals surface area contributed by atoms with E-state index in [9.17, 15) is 4.39 Å². The zero-order chi connectivity index (χ0) is 8.43. The Bertz CT molecular complexity index is 280. The standard InChI is InChI=1S/C6H6BrFN2O/c1-11-6-5(7)3(9)2-4(8)10-6/h2H,1H3,(H2,9,10). The van der Waals surface area contributed by atoms with Crippen LogP contribution in [-0.4, -0.2) is 12.1 Å². The van der Waals surface area contributed by atoms with Gasteiger partial charge in [-0.05, 0) is 15.9 Å². The predicted molar refractivity (Wildman–Crippen MR) is 42.9 cm³/mol. The number of hydrogen-bond acceptors (Lipinski definition) is 3. The molecule has 0 fully saturated rings. The van der Waals surface area contributed by atoms with E-state index in [0.717, 1.165) is 6.07 Å². The summed E-state index contributed by atoms with van der Waals surface area (Å²) in [4.78, 5) is 3.44. The normalized spacial score (nSPS) is 9.73. The van der Waals surface area contributed by atoms with Crippen LogP contribution < -0.4 is 10.5 Å². The molecule has 60 valence electrons. The van der Waals surface area contributed by atoms with E-state index >= 15 is 0 Å². The van der Waals surface area contributed by atoms with Gasteiger partial charge in [-0.15, -0.1) is 0 Å². The van der Waals surface area contributed by atoms with Gasteiger partial charge in [0.1, 0.15) is 4.47 Å². The highest BCUT2D eigenvalue weighted by Gasteiger charge is 2.07. The summed E-state index contributed by atoms with van der Waals surface area (Å²) in [6.07, 6.45) is 0. The molecule has 0 spiro atoms. The molecule has 5 heteroatoms. The molecule has 3 nitrogen and oxygen atoms in total. The third-order valence-corrected chi connectivity index (χ3v) is 1.91. The second kappa shape index (κ2) is 3.04. The van der Waals surface area contributed by atoms with Crippen molar-refractivity contribution in [2.75, 3.05) is 12.8 Å². The van der Waals surface area contributed by atoms with Crippen LogP contribution in [0.1, 0.15) is 0 Å². The maximum Gasteiger partial charge on any atom is 0.232 e. The third-order valence-electron chi connectivity index (χ3n) is 1.12. The van der Waals surface area contributed by atoms with E-state index in [2.05, 4.69) is 20.9 Å². The van der Waals surface area contributed by atoms with E-state index in [1.54, 1.807) is 0 Å². The Morgan fingerprint density at radius 2 is 2.36 bits per heavy atom. The van der Waals surface area contributed by atoms with Crippen molar-refractivity contribution in [1.82, 2.24) is 4.98 Å². The van der Waals surface area contributed by atoms with E-state index in [1.807, 2.05) is 0 Å². The van der Waals surface area contributed by atoms with Gasteiger partial charge in [-0.2, -0.15) is 9.37 Å². The number of nitrogens with two attached hydrogens (primary N) is 1. The molecule has 0 radical (unpaired) electrons. The Morgan fingerprint density at radius 1 is 1.73 bits per heavy atom. The summed E-state index contributed by atoms with van der Waals surface area (Å²) in [6.45, 7) is 0. The minimum absolute atomic E-state index is 0.155. The summed E-state index contributed by atoms with van der Waals surface area (Å²) in [7, 11) is 1.39. The molecule has 2 N–H and O–H groups in total. The fourth-order valence-electron chi connectivity index (χ4n) is 0.629. The average molecular weight is 221 g/mol. The first-order valence-corrected chi connectivity index (χ1v) is 3.60. The Morgan fingerprint density at radius 3 is 2.91 bits per heavy atom. The number of pyridine rings is 1. The Kier molecular flexibility index (Phi) is 2.28. The van der Waals surface area contributed by atoms with Crippen LogP contribution in [0.3, 0.4) is 0 Å². The molecule has 1 aromatic rings. The molecule has 1 aromatic heterocycles. The molecular formula is C6H6BrFN2O. The molecule has 1 heterocycles. The van der Waals surface area contributed by atoms with Crippen molar-refractivity contribution >= 4 is 21.6 Å². The smallest absolute Gasteiger partial charge is 0.232 e. The van der Waals surface area contributed by atoms with Gasteiger partial charge < -0.3 is 10.5 Å². The molecule has 0 amide bonds. The third kappa shape index (κ3) is 1.59. The molecular weight excluding hydrogens is 215 g/mol. The van der Waals surface area contributed by atoms with Crippen molar-refractivity contribution in [3.63, 3.8) is 0 Å². The lowest BCUT2D eigenvalue weighted by atomic mass is 10.4. The molecule has 0 unspecified atom stereocenters. The number of aromatic nitrogens is 1. The topological polar surface area (TPSA) is 48.1 Å². The lowest BCUT2D eigenvalue weighted by Crippen LogP contribution is -1.96. The quantitative estimate of drug-likeness (QED) is 0.732. The van der Waals surface area contributed by atoms with E-state index in [4.69, 9.17) is 10.5 Å². The number of anilines is 1. The van der Waals surface area contributed by atoms with Gasteiger partial charge in [0.15, 0.2) is 0 Å². The van der Waals surface area contributed by atoms with Crippen LogP contribution >= 0.6 is 15.9 Å². The number of methoxy groups -OCH3 is 1. The van der Waals surface area contributed by atoms with Gasteiger partial charge in [0.2, 0.25) is 11.8 Å². The van der Waals surface area contributed by atoms with Gasteiger partial charge in [0.25, 0.3) is 0 Å². The van der Waals surface area contributed by atoms with E-state index in [0.29, 0.717) is 4.47 Å². The number of rotatable bonds is 1. The van der Waals surface area contributed by atoms with Crippen LogP contribution in [0.2, 0.25) is 0 Å². The zero-order valence-electron chi connectivity index (χ0n) is 5.77. The summed E-state index contributed by atoms with van der Waals surface area (Å²) in [5, 5.41) is 0. The lowest BCUT2D eigenvalue weighted by molar-refractivity contribution is 0.385. The maximum absolute atomic E-state index is 12.5. The van der Waals surface area contributed by atoms with Gasteiger partial charge >= 0.3 is 0 Å². The SMILES string of the molecule is COc1nc(F)cc(N)c1Br. The molecule has 0 aliphatic carbocycles. The number of hydrogen-bond donors (Lipinski definition) is 1. The largest absolute Gasteiger partial charge is 0.480 e. The van der Waals surface area contributed by atoms with Gasteiger partial charge in [-0.3, -0.25) is 0 Å². The molecule has 0 saturated heterocycles. The number of nitrogen functional groups attached to an aromatic ring is 1. The highest BCUT2D eigenvalue weighted by molar-refractivity contribution is 9.10. The van der Waals surface area contributed by atoms with E-state index < -0.39 is 5.95 Å². The zero-order valence-corrected chi connectivity index (χ0v) is 7.35. The van der Waals surface area contributed by atoms with Crippen molar-refractivity contribution in [3.05, 3.63) is 16.5 Å². The van der Waals surface area contributed by atoms with Crippen LogP contribution in [0.15, 0.2) is 10.5 Å². The fraction of sp³-hybridized carbons (Fsp3) is 0.167. The second-order valence-corrected chi connectivity index (χ2v) is 2.65. The van der Waals surface area contributed by atoms with Crippen molar-refractivity contribution < 1.29 is 9.13 Å². The highest BCUT2D eigenvalue weighted by Crippen LogP contribution is 2.28. The van der Waals surface area contributed by atoms with Crippen molar-refractivity contribution in [3.8, 4) is 5.88 Å². The first-order chi connectivity index (χ1) is 5.15. The summed E-state index contributed by atoms with van der Waals surface area (Å²) in [5.74, 6) is -0.495. The molecule has 11 heavy (non-hydrogen) atoms. The summed E-state index contributed by atoms with van der Waals surface area (Å²) >= 11 is 3.10. The van der Waals surface area contributed by atoms with Crippen LogP contribution in [0.4, 0.5) is 10.1 Å². The highest BCUT2D eigenvalue weighted by atomic mass is 79.9. The first-order valence-electron chi connectivity index (χ1n) is 2.80. The van der Waals surface area contributed by atoms with Gasteiger partial charge in [-0.1, -0.05) is 0 Å². The Balaban J connectivity index is 3.24. The minimum atomic E-state index is -0.650. The van der Waals surface area contributed by atoms with Crippen LogP contribution in [0.25, 0.3) is 0 Å². The van der Waals surface area contributed by atoms with Crippen LogP contribution in [0.5, 0.6) is 5.88 Å². The van der Waals surface area contributed by atoms with Gasteiger partial charge in [0.05, 0.1) is 12.8 Å². The maximum atomic E-state index is 12.5. The summed E-state index contributed by atoms with van der Waals surface area (Å²) in [6, 6.07) is 1.12. The van der Waals surface area contributed by atoms with Crippen LogP contribution in [-0.2, 0) is 0 Å². The van der Waals surface area contributed by atoms with Crippen LogP contribution in [0, 0.1) is 5.95 Å². The lowest BCUT2D eigenvalue weighted by Gasteiger charge is -2.03.